The number of rotatable bonds is 5. The van der Waals surface area contributed by atoms with Crippen LogP contribution in [-0.2, 0) is 19.3 Å². The molecule has 0 aromatic carbocycles. The predicted molar refractivity (Wildman–Crippen MR) is 71.9 cm³/mol. The van der Waals surface area contributed by atoms with Gasteiger partial charge in [0.05, 0.1) is 27.1 Å². The number of alkyl halides is 1. The highest BCUT2D eigenvalue weighted by Crippen LogP contribution is 2.24. The minimum atomic E-state index is -2.88. The van der Waals surface area contributed by atoms with Crippen LogP contribution in [0.1, 0.15) is 20.3 Å². The molecule has 1 heterocycles. The van der Waals surface area contributed by atoms with Gasteiger partial charge in [-0.2, -0.15) is 0 Å². The van der Waals surface area contributed by atoms with Crippen molar-refractivity contribution in [3.8, 4) is 0 Å². The number of ether oxygens (including phenoxy) is 2. The average Bonchev–Trinajstić information content (AvgIpc) is 2.39. The van der Waals surface area contributed by atoms with Crippen molar-refractivity contribution in [1.29, 1.82) is 0 Å². The summed E-state index contributed by atoms with van der Waals surface area (Å²) >= 11 is 2.15. The van der Waals surface area contributed by atoms with Crippen LogP contribution in [0.4, 0.5) is 0 Å². The van der Waals surface area contributed by atoms with E-state index in [4.69, 9.17) is 9.47 Å². The summed E-state index contributed by atoms with van der Waals surface area (Å²) in [6.07, 6.45) is 0.613. The van der Waals surface area contributed by atoms with Crippen molar-refractivity contribution >= 4 is 32.4 Å². The molecule has 0 amide bonds. The van der Waals surface area contributed by atoms with E-state index in [-0.39, 0.29) is 27.1 Å². The van der Waals surface area contributed by atoms with E-state index >= 15 is 0 Å². The largest absolute Gasteiger partial charge is 0.379 e. The van der Waals surface area contributed by atoms with Gasteiger partial charge < -0.3 is 9.47 Å². The normalized spacial score (nSPS) is 29.5. The Morgan fingerprint density at radius 1 is 1.38 bits per heavy atom. The standard InChI is InChI=1S/C10H19IO4S/c1-10(2,14-3)4-5-15-9-7-16(12,13)6-8(9)11/h8-9H,4-7H2,1-3H3. The van der Waals surface area contributed by atoms with Crippen LogP contribution >= 0.6 is 22.6 Å². The number of sulfone groups is 1. The monoisotopic (exact) mass is 362 g/mol. The van der Waals surface area contributed by atoms with Crippen molar-refractivity contribution in [2.45, 2.75) is 35.9 Å². The lowest BCUT2D eigenvalue weighted by molar-refractivity contribution is -0.0205. The van der Waals surface area contributed by atoms with Gasteiger partial charge in [0.25, 0.3) is 0 Å². The highest BCUT2D eigenvalue weighted by atomic mass is 127. The molecule has 1 fully saturated rings. The Balaban J connectivity index is 2.35. The van der Waals surface area contributed by atoms with E-state index in [9.17, 15) is 8.42 Å². The van der Waals surface area contributed by atoms with Crippen LogP contribution < -0.4 is 0 Å². The fraction of sp³-hybridized carbons (Fsp3) is 1.00. The topological polar surface area (TPSA) is 52.6 Å². The van der Waals surface area contributed by atoms with Crippen molar-refractivity contribution in [2.24, 2.45) is 0 Å². The summed E-state index contributed by atoms with van der Waals surface area (Å²) in [6.45, 7) is 4.52. The van der Waals surface area contributed by atoms with E-state index in [1.807, 2.05) is 13.8 Å². The first-order valence-corrected chi connectivity index (χ1v) is 8.34. The third-order valence-corrected chi connectivity index (χ3v) is 6.37. The van der Waals surface area contributed by atoms with Gasteiger partial charge in [0.1, 0.15) is 0 Å². The van der Waals surface area contributed by atoms with E-state index in [0.29, 0.717) is 6.61 Å². The summed E-state index contributed by atoms with van der Waals surface area (Å²) in [5.74, 6) is 0.403. The minimum absolute atomic E-state index is 0.0771. The van der Waals surface area contributed by atoms with Crippen LogP contribution in [0.3, 0.4) is 0 Å². The molecular weight excluding hydrogens is 343 g/mol. The fourth-order valence-electron chi connectivity index (χ4n) is 1.48. The molecule has 2 atom stereocenters. The second-order valence-electron chi connectivity index (χ2n) is 4.72. The van der Waals surface area contributed by atoms with Crippen LogP contribution in [0, 0.1) is 0 Å². The SMILES string of the molecule is COC(C)(C)CCOC1CS(=O)(=O)CC1I. The van der Waals surface area contributed by atoms with E-state index < -0.39 is 9.84 Å². The zero-order valence-corrected chi connectivity index (χ0v) is 12.9. The highest BCUT2D eigenvalue weighted by Gasteiger charge is 2.36. The molecule has 0 aromatic rings. The van der Waals surface area contributed by atoms with Gasteiger partial charge >= 0.3 is 0 Å². The van der Waals surface area contributed by atoms with Gasteiger partial charge in [-0.25, -0.2) is 8.42 Å². The lowest BCUT2D eigenvalue weighted by Gasteiger charge is -2.24. The molecular formula is C10H19IO4S. The summed E-state index contributed by atoms with van der Waals surface area (Å²) in [5, 5.41) is 0. The van der Waals surface area contributed by atoms with Crippen LogP contribution in [0.25, 0.3) is 0 Å². The summed E-state index contributed by atoms with van der Waals surface area (Å²) < 4.78 is 33.7. The summed E-state index contributed by atoms with van der Waals surface area (Å²) in [6, 6.07) is 0. The summed E-state index contributed by atoms with van der Waals surface area (Å²) in [4.78, 5) is 0. The number of hydrogen-bond acceptors (Lipinski definition) is 4. The van der Waals surface area contributed by atoms with E-state index in [1.54, 1.807) is 7.11 Å². The molecule has 0 aromatic heterocycles. The predicted octanol–water partition coefficient (Wildman–Crippen LogP) is 1.42. The molecule has 1 aliphatic heterocycles. The summed E-state index contributed by atoms with van der Waals surface area (Å²) in [5.41, 5.74) is -0.210. The van der Waals surface area contributed by atoms with E-state index in [1.165, 1.54) is 0 Å². The molecule has 0 spiro atoms. The molecule has 6 heteroatoms. The molecule has 1 saturated heterocycles. The van der Waals surface area contributed by atoms with Gasteiger partial charge in [-0.15, -0.1) is 0 Å². The third kappa shape index (κ3) is 4.46. The maximum absolute atomic E-state index is 11.4. The Hall–Kier alpha value is 0.600. The van der Waals surface area contributed by atoms with Crippen LogP contribution in [0.2, 0.25) is 0 Å². The number of halogens is 1. The quantitative estimate of drug-likeness (QED) is 0.548. The van der Waals surface area contributed by atoms with Crippen molar-refractivity contribution in [3.63, 3.8) is 0 Å². The highest BCUT2D eigenvalue weighted by molar-refractivity contribution is 14.1. The zero-order valence-electron chi connectivity index (χ0n) is 9.90. The molecule has 0 radical (unpaired) electrons. The zero-order chi connectivity index (χ0) is 12.4. The summed E-state index contributed by atoms with van der Waals surface area (Å²) in [7, 11) is -1.21. The first-order valence-electron chi connectivity index (χ1n) is 5.27. The molecule has 1 rings (SSSR count). The minimum Gasteiger partial charge on any atom is -0.379 e. The second kappa shape index (κ2) is 5.49. The lowest BCUT2D eigenvalue weighted by Crippen LogP contribution is -2.28. The fourth-order valence-corrected chi connectivity index (χ4v) is 5.60. The van der Waals surface area contributed by atoms with Crippen molar-refractivity contribution in [3.05, 3.63) is 0 Å². The maximum atomic E-state index is 11.4. The van der Waals surface area contributed by atoms with Crippen molar-refractivity contribution in [2.75, 3.05) is 25.2 Å². The average molecular weight is 362 g/mol. The van der Waals surface area contributed by atoms with Crippen molar-refractivity contribution < 1.29 is 17.9 Å². The Morgan fingerprint density at radius 3 is 2.44 bits per heavy atom. The maximum Gasteiger partial charge on any atom is 0.154 e. The molecule has 2 unspecified atom stereocenters. The van der Waals surface area contributed by atoms with Crippen LogP contribution in [-0.4, -0.2) is 49.3 Å². The molecule has 96 valence electrons. The number of methoxy groups -OCH3 is 1. The first kappa shape index (κ1) is 14.7. The molecule has 0 N–H and O–H groups in total. The van der Waals surface area contributed by atoms with Gasteiger partial charge in [0.15, 0.2) is 9.84 Å². The van der Waals surface area contributed by atoms with E-state index in [2.05, 4.69) is 22.6 Å². The molecule has 0 aliphatic carbocycles. The first-order chi connectivity index (χ1) is 7.26. The van der Waals surface area contributed by atoms with Gasteiger partial charge in [-0.3, -0.25) is 0 Å². The third-order valence-electron chi connectivity index (χ3n) is 2.82. The molecule has 16 heavy (non-hydrogen) atoms. The van der Waals surface area contributed by atoms with Gasteiger partial charge in [0, 0.05) is 13.7 Å². The smallest absolute Gasteiger partial charge is 0.154 e. The van der Waals surface area contributed by atoms with Gasteiger partial charge in [-0.1, -0.05) is 22.6 Å². The van der Waals surface area contributed by atoms with Gasteiger partial charge in [-0.05, 0) is 20.3 Å². The van der Waals surface area contributed by atoms with Crippen LogP contribution in [0.5, 0.6) is 0 Å². The molecule has 1 aliphatic rings. The van der Waals surface area contributed by atoms with Gasteiger partial charge in [0.2, 0.25) is 0 Å². The van der Waals surface area contributed by atoms with E-state index in [0.717, 1.165) is 6.42 Å². The Morgan fingerprint density at radius 2 is 2.00 bits per heavy atom. The Labute approximate surface area is 111 Å². The Bertz CT molecular complexity index is 326. The molecule has 0 saturated carbocycles. The van der Waals surface area contributed by atoms with Crippen molar-refractivity contribution in [1.82, 2.24) is 0 Å². The second-order valence-corrected chi connectivity index (χ2v) is 8.47. The lowest BCUT2D eigenvalue weighted by atomic mass is 10.1. The van der Waals surface area contributed by atoms with Crippen LogP contribution in [0.15, 0.2) is 0 Å². The molecule has 0 bridgehead atoms. The number of hydrogen-bond donors (Lipinski definition) is 0. The Kier molecular flexibility index (Phi) is 5.03. The molecule has 4 nitrogen and oxygen atoms in total.